The number of hydrazine groups is 1. The molecule has 1 aliphatic heterocycles. The Labute approximate surface area is 106 Å². The molecule has 0 radical (unpaired) electrons. The molecule has 0 aliphatic carbocycles. The van der Waals surface area contributed by atoms with Crippen LogP contribution < -0.4 is 16.9 Å². The van der Waals surface area contributed by atoms with Crippen LogP contribution in [0.3, 0.4) is 0 Å². The number of anilines is 2. The van der Waals surface area contributed by atoms with Gasteiger partial charge in [0.1, 0.15) is 5.82 Å². The molecule has 0 atom stereocenters. The average molecular weight is 250 g/mol. The molecule has 1 saturated heterocycles. The lowest BCUT2D eigenvalue weighted by Gasteiger charge is -2.32. The van der Waals surface area contributed by atoms with Crippen LogP contribution in [0.5, 0.6) is 0 Å². The van der Waals surface area contributed by atoms with Crippen LogP contribution in [0.4, 0.5) is 11.5 Å². The highest BCUT2D eigenvalue weighted by Crippen LogP contribution is 2.15. The number of hydrogen-bond donors (Lipinski definition) is 3. The zero-order valence-corrected chi connectivity index (χ0v) is 10.4. The number of nitrogen functional groups attached to an aromatic ring is 1. The van der Waals surface area contributed by atoms with E-state index in [0.29, 0.717) is 17.1 Å². The van der Waals surface area contributed by atoms with Gasteiger partial charge in [0.2, 0.25) is 0 Å². The van der Waals surface area contributed by atoms with E-state index in [-0.39, 0.29) is 0 Å². The minimum atomic E-state index is -0.545. The zero-order valence-electron chi connectivity index (χ0n) is 10.4. The first kappa shape index (κ1) is 12.6. The number of nitrogens with one attached hydrogen (secondary N) is 1. The molecule has 0 saturated carbocycles. The van der Waals surface area contributed by atoms with Crippen molar-refractivity contribution in [3.8, 4) is 0 Å². The van der Waals surface area contributed by atoms with Crippen LogP contribution >= 0.6 is 0 Å². The molecule has 1 amide bonds. The van der Waals surface area contributed by atoms with E-state index in [4.69, 9.17) is 11.5 Å². The summed E-state index contributed by atoms with van der Waals surface area (Å²) in [7, 11) is 2.09. The van der Waals surface area contributed by atoms with Gasteiger partial charge in [0, 0.05) is 26.2 Å². The Bertz CT molecular complexity index is 441. The third-order valence-electron chi connectivity index (χ3n) is 2.98. The molecule has 2 rings (SSSR count). The third-order valence-corrected chi connectivity index (χ3v) is 2.98. The lowest BCUT2D eigenvalue weighted by atomic mass is 10.2. The van der Waals surface area contributed by atoms with Crippen LogP contribution in [0.15, 0.2) is 12.3 Å². The van der Waals surface area contributed by atoms with Gasteiger partial charge in [0.15, 0.2) is 0 Å². The molecular formula is C11H18N6O. The standard InChI is InChI=1S/C11H18N6O/c1-16-2-4-17(5-3-16)15-10-6-8(11(13)18)9(12)7-14-10/h6-7H,2-5,12H2,1H3,(H2,13,18)(H,14,15). The molecule has 1 fully saturated rings. The van der Waals surface area contributed by atoms with Crippen molar-refractivity contribution in [3.05, 3.63) is 17.8 Å². The van der Waals surface area contributed by atoms with Gasteiger partial charge < -0.3 is 21.8 Å². The van der Waals surface area contributed by atoms with Crippen molar-refractivity contribution in [2.24, 2.45) is 5.73 Å². The van der Waals surface area contributed by atoms with Gasteiger partial charge in [-0.2, -0.15) is 0 Å². The highest BCUT2D eigenvalue weighted by molar-refractivity contribution is 5.98. The molecular weight excluding hydrogens is 232 g/mol. The number of carbonyl (C=O) groups excluding carboxylic acids is 1. The summed E-state index contributed by atoms with van der Waals surface area (Å²) in [4.78, 5) is 17.6. The van der Waals surface area contributed by atoms with Gasteiger partial charge in [-0.25, -0.2) is 9.99 Å². The number of primary amides is 1. The van der Waals surface area contributed by atoms with E-state index in [1.165, 1.54) is 6.20 Å². The van der Waals surface area contributed by atoms with E-state index in [9.17, 15) is 4.79 Å². The summed E-state index contributed by atoms with van der Waals surface area (Å²) in [5.74, 6) is 0.0406. The largest absolute Gasteiger partial charge is 0.397 e. The quantitative estimate of drug-likeness (QED) is 0.658. The highest BCUT2D eigenvalue weighted by atomic mass is 16.1. The molecule has 18 heavy (non-hydrogen) atoms. The Morgan fingerprint density at radius 2 is 2.06 bits per heavy atom. The van der Waals surface area contributed by atoms with E-state index >= 15 is 0 Å². The molecule has 0 spiro atoms. The highest BCUT2D eigenvalue weighted by Gasteiger charge is 2.15. The molecule has 1 aliphatic rings. The predicted octanol–water partition coefficient (Wildman–Crippen LogP) is -0.663. The van der Waals surface area contributed by atoms with Crippen molar-refractivity contribution in [2.45, 2.75) is 0 Å². The van der Waals surface area contributed by atoms with Gasteiger partial charge in [-0.3, -0.25) is 4.79 Å². The lowest BCUT2D eigenvalue weighted by molar-refractivity contribution is 0.100. The summed E-state index contributed by atoms with van der Waals surface area (Å²) >= 11 is 0. The minimum Gasteiger partial charge on any atom is -0.397 e. The Morgan fingerprint density at radius 3 is 2.67 bits per heavy atom. The maximum absolute atomic E-state index is 11.2. The van der Waals surface area contributed by atoms with E-state index in [1.807, 2.05) is 0 Å². The molecule has 2 heterocycles. The summed E-state index contributed by atoms with van der Waals surface area (Å²) in [5.41, 5.74) is 14.6. The fourth-order valence-electron chi connectivity index (χ4n) is 1.82. The van der Waals surface area contributed by atoms with Gasteiger partial charge >= 0.3 is 0 Å². The van der Waals surface area contributed by atoms with Crippen molar-refractivity contribution in [1.29, 1.82) is 0 Å². The normalized spacial score (nSPS) is 17.6. The van der Waals surface area contributed by atoms with Gasteiger partial charge in [-0.05, 0) is 13.1 Å². The SMILES string of the molecule is CN1CCN(Nc2cc(C(N)=O)c(N)cn2)CC1. The summed E-state index contributed by atoms with van der Waals surface area (Å²) in [6, 6.07) is 1.58. The molecule has 5 N–H and O–H groups in total. The first-order valence-corrected chi connectivity index (χ1v) is 5.82. The number of likely N-dealkylation sites (N-methyl/N-ethyl adjacent to an activating group) is 1. The fourth-order valence-corrected chi connectivity index (χ4v) is 1.82. The molecule has 0 bridgehead atoms. The maximum Gasteiger partial charge on any atom is 0.250 e. The Balaban J connectivity index is 2.05. The van der Waals surface area contributed by atoms with Crippen LogP contribution in [0.1, 0.15) is 10.4 Å². The number of rotatable bonds is 3. The predicted molar refractivity (Wildman–Crippen MR) is 69.9 cm³/mol. The number of pyridine rings is 1. The molecule has 0 aromatic carbocycles. The number of hydrogen-bond acceptors (Lipinski definition) is 6. The second-order valence-electron chi connectivity index (χ2n) is 4.42. The van der Waals surface area contributed by atoms with Gasteiger partial charge in [0.05, 0.1) is 17.4 Å². The number of amides is 1. The van der Waals surface area contributed by atoms with Crippen molar-refractivity contribution in [2.75, 3.05) is 44.4 Å². The minimum absolute atomic E-state index is 0.293. The van der Waals surface area contributed by atoms with E-state index in [2.05, 4.69) is 27.4 Å². The van der Waals surface area contributed by atoms with Crippen molar-refractivity contribution in [3.63, 3.8) is 0 Å². The topological polar surface area (TPSA) is 101 Å². The van der Waals surface area contributed by atoms with Crippen LogP contribution in [0.25, 0.3) is 0 Å². The number of carbonyl (C=O) groups is 1. The summed E-state index contributed by atoms with van der Waals surface area (Å²) in [6.45, 7) is 3.78. The number of nitrogens with two attached hydrogens (primary N) is 2. The Morgan fingerprint density at radius 1 is 1.39 bits per heavy atom. The monoisotopic (exact) mass is 250 g/mol. The molecule has 98 valence electrons. The summed E-state index contributed by atoms with van der Waals surface area (Å²) in [5, 5.41) is 2.06. The third kappa shape index (κ3) is 2.88. The second kappa shape index (κ2) is 5.19. The summed E-state index contributed by atoms with van der Waals surface area (Å²) < 4.78 is 0. The smallest absolute Gasteiger partial charge is 0.250 e. The van der Waals surface area contributed by atoms with Crippen molar-refractivity contribution in [1.82, 2.24) is 14.9 Å². The van der Waals surface area contributed by atoms with Crippen molar-refractivity contribution >= 4 is 17.4 Å². The number of aromatic nitrogens is 1. The van der Waals surface area contributed by atoms with Crippen LogP contribution in [0.2, 0.25) is 0 Å². The van der Waals surface area contributed by atoms with E-state index < -0.39 is 5.91 Å². The van der Waals surface area contributed by atoms with Crippen LogP contribution in [-0.2, 0) is 0 Å². The van der Waals surface area contributed by atoms with Crippen LogP contribution in [-0.4, -0.2) is 54.0 Å². The summed E-state index contributed by atoms with van der Waals surface area (Å²) in [6.07, 6.45) is 1.44. The van der Waals surface area contributed by atoms with E-state index in [0.717, 1.165) is 26.2 Å². The fraction of sp³-hybridized carbons (Fsp3) is 0.455. The van der Waals surface area contributed by atoms with Gasteiger partial charge in [0.25, 0.3) is 5.91 Å². The van der Waals surface area contributed by atoms with Gasteiger partial charge in [-0.15, -0.1) is 0 Å². The lowest BCUT2D eigenvalue weighted by Crippen LogP contribution is -2.47. The molecule has 1 aromatic rings. The molecule has 7 nitrogen and oxygen atoms in total. The average Bonchev–Trinajstić information content (AvgIpc) is 2.34. The molecule has 0 unspecified atom stereocenters. The Hall–Kier alpha value is -1.86. The van der Waals surface area contributed by atoms with Crippen molar-refractivity contribution < 1.29 is 4.79 Å². The Kier molecular flexibility index (Phi) is 3.63. The zero-order chi connectivity index (χ0) is 13.1. The maximum atomic E-state index is 11.2. The van der Waals surface area contributed by atoms with E-state index in [1.54, 1.807) is 6.07 Å². The first-order valence-electron chi connectivity index (χ1n) is 5.82. The molecule has 7 heteroatoms. The van der Waals surface area contributed by atoms with Gasteiger partial charge in [-0.1, -0.05) is 0 Å². The second-order valence-corrected chi connectivity index (χ2v) is 4.42. The molecule has 1 aromatic heterocycles. The first-order chi connectivity index (χ1) is 8.56. The number of piperazine rings is 1. The number of nitrogens with zero attached hydrogens (tertiary/aromatic N) is 3. The van der Waals surface area contributed by atoms with Crippen LogP contribution in [0, 0.1) is 0 Å².